The minimum Gasteiger partial charge on any atom is -0.497 e. The summed E-state index contributed by atoms with van der Waals surface area (Å²) in [5.74, 6) is -0.0835. The van der Waals surface area contributed by atoms with Crippen LogP contribution >= 0.6 is 0 Å². The van der Waals surface area contributed by atoms with Crippen LogP contribution in [0.2, 0.25) is 0 Å². The van der Waals surface area contributed by atoms with Gasteiger partial charge in [0.05, 0.1) is 13.7 Å². The van der Waals surface area contributed by atoms with Crippen LogP contribution in [-0.4, -0.2) is 36.3 Å². The molecule has 0 aliphatic carbocycles. The third kappa shape index (κ3) is 2.94. The largest absolute Gasteiger partial charge is 0.497 e. The number of hydrogen-bond acceptors (Lipinski definition) is 4. The number of ether oxygens (including phenoxy) is 1. The molecule has 0 radical (unpaired) electrons. The Hall–Kier alpha value is -3.15. The third-order valence-electron chi connectivity index (χ3n) is 4.69. The zero-order valence-electron chi connectivity index (χ0n) is 14.7. The molecule has 2 aromatic carbocycles. The van der Waals surface area contributed by atoms with E-state index in [0.29, 0.717) is 23.3 Å². The maximum Gasteiger partial charge on any atom is 0.325 e. The fourth-order valence-corrected chi connectivity index (χ4v) is 3.14. The fourth-order valence-electron chi connectivity index (χ4n) is 3.14. The Kier molecular flexibility index (Phi) is 4.75. The monoisotopic (exact) mass is 352 g/mol. The molecule has 1 atom stereocenters. The van der Waals surface area contributed by atoms with Gasteiger partial charge in [0, 0.05) is 5.56 Å². The molecular weight excluding hydrogens is 332 g/mol. The summed E-state index contributed by atoms with van der Waals surface area (Å²) in [4.78, 5) is 38.9. The lowest BCUT2D eigenvalue weighted by molar-refractivity contribution is -0.131. The predicted octanol–water partition coefficient (Wildman–Crippen LogP) is 2.74. The number of rotatable bonds is 6. The molecule has 0 spiro atoms. The quantitative estimate of drug-likeness (QED) is 0.641. The molecule has 3 amide bonds. The lowest BCUT2D eigenvalue weighted by Gasteiger charge is -2.25. The molecular formula is C20H20N2O4. The van der Waals surface area contributed by atoms with Crippen molar-refractivity contribution >= 4 is 17.7 Å². The molecule has 0 unspecified atom stereocenters. The number of carbonyl (C=O) groups excluding carboxylic acids is 3. The summed E-state index contributed by atoms with van der Waals surface area (Å²) in [7, 11) is 1.54. The van der Waals surface area contributed by atoms with Crippen molar-refractivity contribution < 1.29 is 19.1 Å². The molecule has 1 saturated heterocycles. The van der Waals surface area contributed by atoms with E-state index in [9.17, 15) is 14.4 Å². The highest BCUT2D eigenvalue weighted by Crippen LogP contribution is 2.32. The molecule has 3 rings (SSSR count). The maximum absolute atomic E-state index is 13.0. The number of Topliss-reactive ketones (excluding diaryl/α,β-unsaturated/α-hetero) is 1. The number of hydrogen-bond donors (Lipinski definition) is 1. The van der Waals surface area contributed by atoms with Crippen LogP contribution in [0.15, 0.2) is 54.6 Å². The lowest BCUT2D eigenvalue weighted by atomic mass is 9.87. The summed E-state index contributed by atoms with van der Waals surface area (Å²) in [5, 5.41) is 2.77. The van der Waals surface area contributed by atoms with E-state index in [2.05, 4.69) is 5.32 Å². The normalized spacial score (nSPS) is 19.4. The molecule has 0 saturated carbocycles. The average Bonchev–Trinajstić information content (AvgIpc) is 2.93. The summed E-state index contributed by atoms with van der Waals surface area (Å²) in [6.45, 7) is 1.53. The Morgan fingerprint density at radius 1 is 1.08 bits per heavy atom. The second kappa shape index (κ2) is 7.00. The number of ketones is 1. The number of urea groups is 1. The van der Waals surface area contributed by atoms with Crippen molar-refractivity contribution in [1.82, 2.24) is 10.2 Å². The van der Waals surface area contributed by atoms with Crippen molar-refractivity contribution in [1.29, 1.82) is 0 Å². The van der Waals surface area contributed by atoms with E-state index in [1.165, 1.54) is 7.11 Å². The minimum atomic E-state index is -1.13. The van der Waals surface area contributed by atoms with E-state index in [0.717, 1.165) is 4.90 Å². The van der Waals surface area contributed by atoms with Crippen LogP contribution in [0.25, 0.3) is 0 Å². The molecule has 26 heavy (non-hydrogen) atoms. The summed E-state index contributed by atoms with van der Waals surface area (Å²) < 4.78 is 5.07. The van der Waals surface area contributed by atoms with Crippen LogP contribution in [0.4, 0.5) is 4.79 Å². The van der Waals surface area contributed by atoms with Gasteiger partial charge in [-0.2, -0.15) is 0 Å². The zero-order chi connectivity index (χ0) is 18.7. The first-order valence-corrected chi connectivity index (χ1v) is 8.38. The highest BCUT2D eigenvalue weighted by atomic mass is 16.5. The number of amides is 3. The number of nitrogens with one attached hydrogen (secondary N) is 1. The van der Waals surface area contributed by atoms with Crippen molar-refractivity contribution in [3.05, 3.63) is 65.7 Å². The lowest BCUT2D eigenvalue weighted by Crippen LogP contribution is -2.43. The molecule has 0 aromatic heterocycles. The average molecular weight is 352 g/mol. The topological polar surface area (TPSA) is 75.7 Å². The summed E-state index contributed by atoms with van der Waals surface area (Å²) in [5.41, 5.74) is -0.00113. The molecule has 134 valence electrons. The maximum atomic E-state index is 13.0. The van der Waals surface area contributed by atoms with Crippen molar-refractivity contribution in [2.75, 3.05) is 13.7 Å². The molecule has 1 heterocycles. The van der Waals surface area contributed by atoms with Gasteiger partial charge in [-0.05, 0) is 36.2 Å². The van der Waals surface area contributed by atoms with Crippen LogP contribution in [0, 0.1) is 0 Å². The van der Waals surface area contributed by atoms with Crippen LogP contribution in [0.1, 0.15) is 29.3 Å². The number of carbonyl (C=O) groups is 3. The van der Waals surface area contributed by atoms with Crippen molar-refractivity contribution in [3.8, 4) is 5.75 Å². The van der Waals surface area contributed by atoms with E-state index < -0.39 is 17.5 Å². The van der Waals surface area contributed by atoms with E-state index in [1.54, 1.807) is 36.4 Å². The summed E-state index contributed by atoms with van der Waals surface area (Å²) >= 11 is 0. The van der Waals surface area contributed by atoms with E-state index >= 15 is 0 Å². The zero-order valence-corrected chi connectivity index (χ0v) is 14.7. The highest BCUT2D eigenvalue weighted by Gasteiger charge is 2.51. The molecule has 0 bridgehead atoms. The summed E-state index contributed by atoms with van der Waals surface area (Å²) in [6.07, 6.45) is 0.398. The van der Waals surface area contributed by atoms with Gasteiger partial charge in [-0.15, -0.1) is 0 Å². The Bertz CT molecular complexity index is 833. The van der Waals surface area contributed by atoms with E-state index in [4.69, 9.17) is 4.74 Å². The smallest absolute Gasteiger partial charge is 0.325 e. The Balaban J connectivity index is 1.83. The van der Waals surface area contributed by atoms with Gasteiger partial charge in [0.15, 0.2) is 5.78 Å². The van der Waals surface area contributed by atoms with E-state index in [1.807, 2.05) is 25.1 Å². The number of nitrogens with zero attached hydrogens (tertiary/aromatic N) is 1. The van der Waals surface area contributed by atoms with Gasteiger partial charge in [-0.1, -0.05) is 37.3 Å². The van der Waals surface area contributed by atoms with Gasteiger partial charge < -0.3 is 10.1 Å². The first-order valence-electron chi connectivity index (χ1n) is 8.38. The Morgan fingerprint density at radius 2 is 1.73 bits per heavy atom. The Morgan fingerprint density at radius 3 is 2.31 bits per heavy atom. The number of benzene rings is 2. The fraction of sp³-hybridized carbons (Fsp3) is 0.250. The van der Waals surface area contributed by atoms with Crippen molar-refractivity contribution in [2.24, 2.45) is 0 Å². The summed E-state index contributed by atoms with van der Waals surface area (Å²) in [6, 6.07) is 15.1. The first-order chi connectivity index (χ1) is 12.5. The van der Waals surface area contributed by atoms with Gasteiger partial charge in [-0.3, -0.25) is 14.5 Å². The van der Waals surface area contributed by atoms with E-state index in [-0.39, 0.29) is 12.3 Å². The van der Waals surface area contributed by atoms with Gasteiger partial charge in [0.2, 0.25) is 0 Å². The van der Waals surface area contributed by atoms with Crippen molar-refractivity contribution in [2.45, 2.75) is 18.9 Å². The molecule has 1 aliphatic heterocycles. The SMILES string of the molecule is CC[C@]1(c2ccccc2)NC(=O)N(CC(=O)c2ccc(OC)cc2)C1=O. The Labute approximate surface area is 151 Å². The van der Waals surface area contributed by atoms with Gasteiger partial charge in [-0.25, -0.2) is 4.79 Å². The third-order valence-corrected chi connectivity index (χ3v) is 4.69. The van der Waals surface area contributed by atoms with Crippen LogP contribution < -0.4 is 10.1 Å². The highest BCUT2D eigenvalue weighted by molar-refractivity contribution is 6.11. The van der Waals surface area contributed by atoms with Crippen LogP contribution in [0.3, 0.4) is 0 Å². The van der Waals surface area contributed by atoms with Gasteiger partial charge >= 0.3 is 6.03 Å². The minimum absolute atomic E-state index is 0.300. The second-order valence-corrected chi connectivity index (χ2v) is 6.10. The standard InChI is InChI=1S/C20H20N2O4/c1-3-20(15-7-5-4-6-8-15)18(24)22(19(25)21-20)13-17(23)14-9-11-16(26-2)12-10-14/h4-12H,3,13H2,1-2H3,(H,21,25)/t20-/m1/s1. The first kappa shape index (κ1) is 17.7. The van der Waals surface area contributed by atoms with Crippen LogP contribution in [0.5, 0.6) is 5.75 Å². The predicted molar refractivity (Wildman–Crippen MR) is 96.0 cm³/mol. The molecule has 1 N–H and O–H groups in total. The molecule has 6 heteroatoms. The molecule has 2 aromatic rings. The molecule has 1 fully saturated rings. The van der Waals surface area contributed by atoms with Gasteiger partial charge in [0.25, 0.3) is 5.91 Å². The second-order valence-electron chi connectivity index (χ2n) is 6.10. The number of methoxy groups -OCH3 is 1. The van der Waals surface area contributed by atoms with Crippen LogP contribution in [-0.2, 0) is 10.3 Å². The number of imide groups is 1. The van der Waals surface area contributed by atoms with Crippen molar-refractivity contribution in [3.63, 3.8) is 0 Å². The molecule has 1 aliphatic rings. The molecule has 6 nitrogen and oxygen atoms in total. The van der Waals surface area contributed by atoms with Gasteiger partial charge in [0.1, 0.15) is 11.3 Å².